The summed E-state index contributed by atoms with van der Waals surface area (Å²) in [5.74, 6) is 5.48. The van der Waals surface area contributed by atoms with E-state index >= 15 is 0 Å². The molecule has 5 nitrogen and oxygen atoms in total. The predicted molar refractivity (Wildman–Crippen MR) is 57.9 cm³/mol. The molecule has 78 valence electrons. The van der Waals surface area contributed by atoms with Gasteiger partial charge in [0.05, 0.1) is 22.9 Å². The molecule has 0 spiro atoms. The molecule has 0 aromatic carbocycles. The van der Waals surface area contributed by atoms with Gasteiger partial charge in [0, 0.05) is 30.4 Å². The number of rotatable bonds is 4. The molecule has 0 amide bonds. The van der Waals surface area contributed by atoms with Crippen LogP contribution < -0.4 is 11.3 Å². The minimum atomic E-state index is -0.0372. The molecule has 2 aromatic rings. The molecule has 1 atom stereocenters. The van der Waals surface area contributed by atoms with Gasteiger partial charge in [-0.1, -0.05) is 0 Å². The van der Waals surface area contributed by atoms with Gasteiger partial charge < -0.3 is 0 Å². The number of hydrogen-bond donors (Lipinski definition) is 2. The zero-order chi connectivity index (χ0) is 10.5. The molecule has 2 aromatic heterocycles. The van der Waals surface area contributed by atoms with Crippen LogP contribution in [0.15, 0.2) is 30.2 Å². The normalized spacial score (nSPS) is 12.6. The lowest BCUT2D eigenvalue weighted by Crippen LogP contribution is -2.30. The monoisotopic (exact) mass is 221 g/mol. The largest absolute Gasteiger partial charge is 0.271 e. The fourth-order valence-electron chi connectivity index (χ4n) is 1.27. The summed E-state index contributed by atoms with van der Waals surface area (Å²) < 4.78 is 0. The minimum absolute atomic E-state index is 0.0372. The van der Waals surface area contributed by atoms with E-state index in [1.807, 2.05) is 5.38 Å². The Balaban J connectivity index is 2.12. The maximum atomic E-state index is 5.48. The van der Waals surface area contributed by atoms with Crippen LogP contribution in [0, 0.1) is 0 Å². The quantitative estimate of drug-likeness (QED) is 0.586. The molecule has 0 saturated heterocycles. The smallest absolute Gasteiger partial charge is 0.0944 e. The molecular weight excluding hydrogens is 210 g/mol. The van der Waals surface area contributed by atoms with E-state index in [0.29, 0.717) is 0 Å². The molecule has 0 aliphatic rings. The molecule has 3 N–H and O–H groups in total. The van der Waals surface area contributed by atoms with Gasteiger partial charge in [-0.05, 0) is 0 Å². The SMILES string of the molecule is NNC(Cc1nccs1)c1cnccn1. The van der Waals surface area contributed by atoms with Crippen molar-refractivity contribution in [3.05, 3.63) is 40.9 Å². The summed E-state index contributed by atoms with van der Waals surface area (Å²) in [7, 11) is 0. The lowest BCUT2D eigenvalue weighted by atomic mass is 10.1. The Morgan fingerprint density at radius 1 is 1.33 bits per heavy atom. The van der Waals surface area contributed by atoms with Crippen LogP contribution in [0.1, 0.15) is 16.7 Å². The Kier molecular flexibility index (Phi) is 3.33. The average Bonchev–Trinajstić information content (AvgIpc) is 2.80. The molecule has 0 aliphatic heterocycles. The summed E-state index contributed by atoms with van der Waals surface area (Å²) in [6.07, 6.45) is 7.51. The maximum absolute atomic E-state index is 5.48. The number of thiazole rings is 1. The minimum Gasteiger partial charge on any atom is -0.271 e. The van der Waals surface area contributed by atoms with E-state index in [-0.39, 0.29) is 6.04 Å². The molecule has 0 aliphatic carbocycles. The molecule has 2 heterocycles. The van der Waals surface area contributed by atoms with Gasteiger partial charge in [-0.15, -0.1) is 11.3 Å². The highest BCUT2D eigenvalue weighted by atomic mass is 32.1. The first-order valence-corrected chi connectivity index (χ1v) is 5.38. The third-order valence-corrected chi connectivity index (χ3v) is 2.81. The van der Waals surface area contributed by atoms with E-state index < -0.39 is 0 Å². The van der Waals surface area contributed by atoms with Crippen molar-refractivity contribution in [3.63, 3.8) is 0 Å². The number of nitrogens with zero attached hydrogens (tertiary/aromatic N) is 3. The van der Waals surface area contributed by atoms with Gasteiger partial charge in [0.25, 0.3) is 0 Å². The van der Waals surface area contributed by atoms with Crippen molar-refractivity contribution in [2.24, 2.45) is 5.84 Å². The third-order valence-electron chi connectivity index (χ3n) is 2.00. The Bertz CT molecular complexity index is 388. The van der Waals surface area contributed by atoms with Crippen molar-refractivity contribution in [1.82, 2.24) is 20.4 Å². The highest BCUT2D eigenvalue weighted by molar-refractivity contribution is 7.09. The van der Waals surface area contributed by atoms with E-state index in [0.717, 1.165) is 17.1 Å². The molecule has 0 fully saturated rings. The molecule has 1 unspecified atom stereocenters. The Labute approximate surface area is 91.4 Å². The molecule has 6 heteroatoms. The Morgan fingerprint density at radius 2 is 2.27 bits per heavy atom. The van der Waals surface area contributed by atoms with Gasteiger partial charge in [-0.25, -0.2) is 4.98 Å². The predicted octanol–water partition coefficient (Wildman–Crippen LogP) is 0.680. The second-order valence-corrected chi connectivity index (χ2v) is 3.96. The zero-order valence-electron chi connectivity index (χ0n) is 8.00. The number of hydrazine groups is 1. The van der Waals surface area contributed by atoms with Crippen LogP contribution in [0.3, 0.4) is 0 Å². The second-order valence-electron chi connectivity index (χ2n) is 2.98. The van der Waals surface area contributed by atoms with Crippen LogP contribution in [0.4, 0.5) is 0 Å². The molecule has 0 radical (unpaired) electrons. The summed E-state index contributed by atoms with van der Waals surface area (Å²) >= 11 is 1.61. The standard InChI is InChI=1S/C9H11N5S/c10-14-7(5-9-13-3-4-15-9)8-6-11-1-2-12-8/h1-4,6-7,14H,5,10H2. The third kappa shape index (κ3) is 2.56. The molecular formula is C9H11N5S. The van der Waals surface area contributed by atoms with E-state index in [9.17, 15) is 0 Å². The van der Waals surface area contributed by atoms with Gasteiger partial charge in [-0.2, -0.15) is 0 Å². The molecule has 2 rings (SSSR count). The van der Waals surface area contributed by atoms with E-state index in [2.05, 4.69) is 20.4 Å². The van der Waals surface area contributed by atoms with Gasteiger partial charge >= 0.3 is 0 Å². The van der Waals surface area contributed by atoms with Crippen molar-refractivity contribution in [1.29, 1.82) is 0 Å². The number of nitrogens with one attached hydrogen (secondary N) is 1. The Hall–Kier alpha value is -1.37. The van der Waals surface area contributed by atoms with Crippen molar-refractivity contribution in [3.8, 4) is 0 Å². The van der Waals surface area contributed by atoms with Crippen LogP contribution in [0.2, 0.25) is 0 Å². The fraction of sp³-hybridized carbons (Fsp3) is 0.222. The summed E-state index contributed by atoms with van der Waals surface area (Å²) in [6, 6.07) is -0.0372. The summed E-state index contributed by atoms with van der Waals surface area (Å²) in [6.45, 7) is 0. The molecule has 15 heavy (non-hydrogen) atoms. The van der Waals surface area contributed by atoms with Gasteiger partial charge in [-0.3, -0.25) is 21.2 Å². The highest BCUT2D eigenvalue weighted by Crippen LogP contribution is 2.16. The van der Waals surface area contributed by atoms with Crippen LogP contribution in [0.25, 0.3) is 0 Å². The maximum Gasteiger partial charge on any atom is 0.0944 e. The number of aromatic nitrogens is 3. The summed E-state index contributed by atoms with van der Waals surface area (Å²) in [4.78, 5) is 12.4. The van der Waals surface area contributed by atoms with Crippen LogP contribution in [-0.4, -0.2) is 15.0 Å². The lowest BCUT2D eigenvalue weighted by Gasteiger charge is -2.12. The first-order chi connectivity index (χ1) is 7.40. The van der Waals surface area contributed by atoms with Crippen LogP contribution in [0.5, 0.6) is 0 Å². The van der Waals surface area contributed by atoms with Crippen LogP contribution in [-0.2, 0) is 6.42 Å². The topological polar surface area (TPSA) is 76.7 Å². The summed E-state index contributed by atoms with van der Waals surface area (Å²) in [5.41, 5.74) is 3.55. The van der Waals surface area contributed by atoms with E-state index in [4.69, 9.17) is 5.84 Å². The van der Waals surface area contributed by atoms with Gasteiger partial charge in [0.1, 0.15) is 0 Å². The first-order valence-electron chi connectivity index (χ1n) is 4.50. The zero-order valence-corrected chi connectivity index (χ0v) is 8.81. The van der Waals surface area contributed by atoms with Crippen LogP contribution >= 0.6 is 11.3 Å². The number of hydrogen-bond acceptors (Lipinski definition) is 6. The fourth-order valence-corrected chi connectivity index (χ4v) is 1.93. The van der Waals surface area contributed by atoms with Crippen molar-refractivity contribution >= 4 is 11.3 Å². The Morgan fingerprint density at radius 3 is 2.87 bits per heavy atom. The van der Waals surface area contributed by atoms with Gasteiger partial charge in [0.2, 0.25) is 0 Å². The number of nitrogens with two attached hydrogens (primary N) is 1. The highest BCUT2D eigenvalue weighted by Gasteiger charge is 2.13. The molecule has 0 bridgehead atoms. The molecule has 0 saturated carbocycles. The first kappa shape index (κ1) is 10.2. The van der Waals surface area contributed by atoms with Gasteiger partial charge in [0.15, 0.2) is 0 Å². The lowest BCUT2D eigenvalue weighted by molar-refractivity contribution is 0.535. The average molecular weight is 221 g/mol. The summed E-state index contributed by atoms with van der Waals surface area (Å²) in [5, 5.41) is 2.98. The van der Waals surface area contributed by atoms with E-state index in [1.54, 1.807) is 36.1 Å². The van der Waals surface area contributed by atoms with Crippen molar-refractivity contribution in [2.45, 2.75) is 12.5 Å². The van der Waals surface area contributed by atoms with Crippen molar-refractivity contribution < 1.29 is 0 Å². The van der Waals surface area contributed by atoms with E-state index in [1.165, 1.54) is 0 Å². The second kappa shape index (κ2) is 4.92. The van der Waals surface area contributed by atoms with Crippen molar-refractivity contribution in [2.75, 3.05) is 0 Å².